The molecule has 0 spiro atoms. The third-order valence-electron chi connectivity index (χ3n) is 3.21. The van der Waals surface area contributed by atoms with Crippen molar-refractivity contribution in [2.75, 3.05) is 25.2 Å². The molecule has 1 aromatic rings. The highest BCUT2D eigenvalue weighted by molar-refractivity contribution is 9.10. The molecule has 2 rings (SSSR count). The molecule has 1 aliphatic heterocycles. The number of nitrogens with zero attached hydrogens (tertiary/aromatic N) is 1. The molecule has 1 aliphatic rings. The first-order chi connectivity index (χ1) is 8.56. The van der Waals surface area contributed by atoms with E-state index in [0.29, 0.717) is 18.7 Å². The van der Waals surface area contributed by atoms with Gasteiger partial charge in [0.25, 0.3) is 0 Å². The number of carbonyl (C=O) groups is 1. The van der Waals surface area contributed by atoms with Crippen LogP contribution in [0.3, 0.4) is 0 Å². The highest BCUT2D eigenvalue weighted by Crippen LogP contribution is 2.36. The molecule has 0 bridgehead atoms. The van der Waals surface area contributed by atoms with Crippen LogP contribution in [0.25, 0.3) is 0 Å². The standard InChI is InChI=1S/C13H16BrNO3/c1-8-3-11(12(18-2)5-10(8)14)15-6-9(7-16)4-13(15)17/h3,5,9,16H,4,6-7H2,1-2H3. The molecule has 1 unspecified atom stereocenters. The van der Waals surface area contributed by atoms with Crippen molar-refractivity contribution in [2.24, 2.45) is 5.92 Å². The molecule has 4 nitrogen and oxygen atoms in total. The van der Waals surface area contributed by atoms with Gasteiger partial charge in [-0.05, 0) is 24.6 Å². The number of carbonyl (C=O) groups excluding carboxylic acids is 1. The molecule has 0 saturated carbocycles. The zero-order valence-corrected chi connectivity index (χ0v) is 12.0. The van der Waals surface area contributed by atoms with Crippen molar-refractivity contribution in [3.8, 4) is 5.75 Å². The summed E-state index contributed by atoms with van der Waals surface area (Å²) < 4.78 is 6.28. The first kappa shape index (κ1) is 13.4. The van der Waals surface area contributed by atoms with Crippen molar-refractivity contribution in [3.63, 3.8) is 0 Å². The van der Waals surface area contributed by atoms with Gasteiger partial charge < -0.3 is 14.7 Å². The van der Waals surface area contributed by atoms with Gasteiger partial charge in [0.2, 0.25) is 5.91 Å². The number of aryl methyl sites for hydroxylation is 1. The van der Waals surface area contributed by atoms with Crippen LogP contribution in [0.1, 0.15) is 12.0 Å². The molecule has 98 valence electrons. The molecule has 1 atom stereocenters. The molecule has 0 aliphatic carbocycles. The number of anilines is 1. The molecule has 0 radical (unpaired) electrons. The Morgan fingerprint density at radius 2 is 2.28 bits per heavy atom. The average molecular weight is 314 g/mol. The number of aliphatic hydroxyl groups is 1. The van der Waals surface area contributed by atoms with E-state index in [0.717, 1.165) is 15.7 Å². The van der Waals surface area contributed by atoms with Crippen molar-refractivity contribution < 1.29 is 14.6 Å². The SMILES string of the molecule is COc1cc(Br)c(C)cc1N1CC(CO)CC1=O. The van der Waals surface area contributed by atoms with Gasteiger partial charge in [0, 0.05) is 30.0 Å². The zero-order valence-electron chi connectivity index (χ0n) is 10.4. The highest BCUT2D eigenvalue weighted by atomic mass is 79.9. The van der Waals surface area contributed by atoms with E-state index in [1.807, 2.05) is 19.1 Å². The molecule has 1 aromatic carbocycles. The minimum Gasteiger partial charge on any atom is -0.495 e. The van der Waals surface area contributed by atoms with Crippen molar-refractivity contribution in [1.82, 2.24) is 0 Å². The summed E-state index contributed by atoms with van der Waals surface area (Å²) >= 11 is 3.45. The van der Waals surface area contributed by atoms with E-state index in [9.17, 15) is 4.79 Å². The number of hydrogen-bond acceptors (Lipinski definition) is 3. The predicted octanol–water partition coefficient (Wildman–Crippen LogP) is 2.11. The molecular formula is C13H16BrNO3. The monoisotopic (exact) mass is 313 g/mol. The van der Waals surface area contributed by atoms with Gasteiger partial charge in [-0.1, -0.05) is 15.9 Å². The first-order valence-electron chi connectivity index (χ1n) is 5.82. The van der Waals surface area contributed by atoms with E-state index in [1.165, 1.54) is 0 Å². The fourth-order valence-corrected chi connectivity index (χ4v) is 2.48. The molecule has 1 amide bonds. The Morgan fingerprint density at radius 3 is 2.83 bits per heavy atom. The summed E-state index contributed by atoms with van der Waals surface area (Å²) in [7, 11) is 1.59. The van der Waals surface area contributed by atoms with Crippen LogP contribution < -0.4 is 9.64 Å². The van der Waals surface area contributed by atoms with Crippen LogP contribution in [0, 0.1) is 12.8 Å². The Hall–Kier alpha value is -1.07. The van der Waals surface area contributed by atoms with E-state index in [-0.39, 0.29) is 18.4 Å². The molecule has 1 heterocycles. The summed E-state index contributed by atoms with van der Waals surface area (Å²) in [6, 6.07) is 3.80. The van der Waals surface area contributed by atoms with Gasteiger partial charge in [0.15, 0.2) is 0 Å². The van der Waals surface area contributed by atoms with Crippen LogP contribution in [-0.4, -0.2) is 31.3 Å². The maximum atomic E-state index is 12.0. The van der Waals surface area contributed by atoms with Crippen LogP contribution in [0.2, 0.25) is 0 Å². The van der Waals surface area contributed by atoms with Gasteiger partial charge in [-0.15, -0.1) is 0 Å². The topological polar surface area (TPSA) is 49.8 Å². The van der Waals surface area contributed by atoms with E-state index in [1.54, 1.807) is 12.0 Å². The molecule has 0 aromatic heterocycles. The van der Waals surface area contributed by atoms with Crippen LogP contribution in [0.4, 0.5) is 5.69 Å². The summed E-state index contributed by atoms with van der Waals surface area (Å²) in [5, 5.41) is 9.16. The molecule has 1 fully saturated rings. The Bertz CT molecular complexity index is 476. The van der Waals surface area contributed by atoms with Crippen molar-refractivity contribution in [1.29, 1.82) is 0 Å². The molecule has 18 heavy (non-hydrogen) atoms. The number of rotatable bonds is 3. The van der Waals surface area contributed by atoms with Crippen LogP contribution in [0.15, 0.2) is 16.6 Å². The smallest absolute Gasteiger partial charge is 0.227 e. The number of methoxy groups -OCH3 is 1. The van der Waals surface area contributed by atoms with E-state index in [4.69, 9.17) is 9.84 Å². The van der Waals surface area contributed by atoms with Gasteiger partial charge >= 0.3 is 0 Å². The fraction of sp³-hybridized carbons (Fsp3) is 0.462. The van der Waals surface area contributed by atoms with Gasteiger partial charge in [-0.25, -0.2) is 0 Å². The second-order valence-corrected chi connectivity index (χ2v) is 5.38. The molecule has 1 N–H and O–H groups in total. The van der Waals surface area contributed by atoms with Gasteiger partial charge in [0.05, 0.1) is 12.8 Å². The van der Waals surface area contributed by atoms with Crippen molar-refractivity contribution in [3.05, 3.63) is 22.2 Å². The van der Waals surface area contributed by atoms with Crippen LogP contribution in [-0.2, 0) is 4.79 Å². The normalized spacial score (nSPS) is 19.4. The lowest BCUT2D eigenvalue weighted by Crippen LogP contribution is -2.25. The maximum Gasteiger partial charge on any atom is 0.227 e. The molecular weight excluding hydrogens is 298 g/mol. The lowest BCUT2D eigenvalue weighted by Gasteiger charge is -2.20. The summed E-state index contributed by atoms with van der Waals surface area (Å²) in [5.74, 6) is 0.722. The predicted molar refractivity (Wildman–Crippen MR) is 73.0 cm³/mol. The number of amides is 1. The molecule has 1 saturated heterocycles. The average Bonchev–Trinajstić information content (AvgIpc) is 2.73. The summed E-state index contributed by atoms with van der Waals surface area (Å²) in [4.78, 5) is 13.6. The first-order valence-corrected chi connectivity index (χ1v) is 6.61. The fourth-order valence-electron chi connectivity index (χ4n) is 2.16. The van der Waals surface area contributed by atoms with Crippen LogP contribution in [0.5, 0.6) is 5.75 Å². The van der Waals surface area contributed by atoms with Crippen LogP contribution >= 0.6 is 15.9 Å². The minimum atomic E-state index is 0.0196. The van der Waals surface area contributed by atoms with Gasteiger partial charge in [0.1, 0.15) is 5.75 Å². The quantitative estimate of drug-likeness (QED) is 0.930. The van der Waals surface area contributed by atoms with E-state index >= 15 is 0 Å². The molecule has 5 heteroatoms. The Balaban J connectivity index is 2.38. The minimum absolute atomic E-state index is 0.0196. The largest absolute Gasteiger partial charge is 0.495 e. The second kappa shape index (κ2) is 5.28. The third-order valence-corrected chi connectivity index (χ3v) is 4.07. The Kier molecular flexibility index (Phi) is 3.92. The zero-order chi connectivity index (χ0) is 13.3. The Labute approximate surface area is 115 Å². The summed E-state index contributed by atoms with van der Waals surface area (Å²) in [6.07, 6.45) is 0.398. The van der Waals surface area contributed by atoms with E-state index in [2.05, 4.69) is 15.9 Å². The third kappa shape index (κ3) is 2.37. The number of hydrogen-bond donors (Lipinski definition) is 1. The lowest BCUT2D eigenvalue weighted by molar-refractivity contribution is -0.117. The number of aliphatic hydroxyl groups excluding tert-OH is 1. The second-order valence-electron chi connectivity index (χ2n) is 4.53. The van der Waals surface area contributed by atoms with Crippen molar-refractivity contribution in [2.45, 2.75) is 13.3 Å². The van der Waals surface area contributed by atoms with Gasteiger partial charge in [-0.3, -0.25) is 4.79 Å². The Morgan fingerprint density at radius 1 is 1.56 bits per heavy atom. The lowest BCUT2D eigenvalue weighted by atomic mass is 10.1. The number of ether oxygens (including phenoxy) is 1. The summed E-state index contributed by atoms with van der Waals surface area (Å²) in [5.41, 5.74) is 1.82. The van der Waals surface area contributed by atoms with E-state index < -0.39 is 0 Å². The van der Waals surface area contributed by atoms with Gasteiger partial charge in [-0.2, -0.15) is 0 Å². The number of benzene rings is 1. The maximum absolute atomic E-state index is 12.0. The van der Waals surface area contributed by atoms with Crippen molar-refractivity contribution >= 4 is 27.5 Å². The number of halogens is 1. The summed E-state index contributed by atoms with van der Waals surface area (Å²) in [6.45, 7) is 2.56. The highest BCUT2D eigenvalue weighted by Gasteiger charge is 2.31.